The number of benzene rings is 2. The molecule has 0 unspecified atom stereocenters. The van der Waals surface area contributed by atoms with E-state index in [4.69, 9.17) is 0 Å². The van der Waals surface area contributed by atoms with Gasteiger partial charge in [0.1, 0.15) is 0 Å². The first-order valence-electron chi connectivity index (χ1n) is 9.72. The summed E-state index contributed by atoms with van der Waals surface area (Å²) in [6.45, 7) is 7.54. The van der Waals surface area contributed by atoms with E-state index in [1.807, 2.05) is 61.5 Å². The monoisotopic (exact) mass is 377 g/mol. The van der Waals surface area contributed by atoms with Crippen LogP contribution in [0.25, 0.3) is 11.1 Å². The zero-order valence-corrected chi connectivity index (χ0v) is 16.2. The highest BCUT2D eigenvalue weighted by Crippen LogP contribution is 2.24. The van der Waals surface area contributed by atoms with Crippen molar-refractivity contribution < 1.29 is 9.59 Å². The molecule has 1 aliphatic rings. The second kappa shape index (κ2) is 9.33. The molecule has 5 nitrogen and oxygen atoms in total. The van der Waals surface area contributed by atoms with Gasteiger partial charge >= 0.3 is 0 Å². The van der Waals surface area contributed by atoms with E-state index in [1.54, 1.807) is 6.08 Å². The van der Waals surface area contributed by atoms with Crippen molar-refractivity contribution in [1.29, 1.82) is 0 Å². The van der Waals surface area contributed by atoms with Gasteiger partial charge in [0.15, 0.2) is 0 Å². The average Bonchev–Trinajstić information content (AvgIpc) is 3.11. The summed E-state index contributed by atoms with van der Waals surface area (Å²) in [5.74, 6) is -0.106. The number of likely N-dealkylation sites (N-methyl/N-ethyl adjacent to an activating group) is 1. The summed E-state index contributed by atoms with van der Waals surface area (Å²) >= 11 is 0. The van der Waals surface area contributed by atoms with Crippen LogP contribution in [0, 0.1) is 0 Å². The third-order valence-corrected chi connectivity index (χ3v) is 5.01. The van der Waals surface area contributed by atoms with E-state index in [2.05, 4.69) is 22.1 Å². The summed E-state index contributed by atoms with van der Waals surface area (Å²) in [5, 5.41) is 6.01. The Kier molecular flexibility index (Phi) is 6.61. The fraction of sp³-hybridized carbons (Fsp3) is 0.304. The maximum atomic E-state index is 13.0. The van der Waals surface area contributed by atoms with E-state index in [0.29, 0.717) is 31.6 Å². The number of amides is 2. The van der Waals surface area contributed by atoms with Crippen LogP contribution in [0.15, 0.2) is 67.3 Å². The molecule has 0 spiro atoms. The zero-order chi connectivity index (χ0) is 19.9. The van der Waals surface area contributed by atoms with E-state index in [0.717, 1.165) is 11.1 Å². The maximum Gasteiger partial charge on any atom is 0.252 e. The van der Waals surface area contributed by atoms with Crippen LogP contribution in [0.4, 0.5) is 0 Å². The van der Waals surface area contributed by atoms with Gasteiger partial charge in [0.25, 0.3) is 5.91 Å². The minimum atomic E-state index is -0.243. The first kappa shape index (κ1) is 19.8. The molecule has 3 rings (SSSR count). The van der Waals surface area contributed by atoms with Crippen LogP contribution in [0.3, 0.4) is 0 Å². The molecular formula is C23H27N3O2. The van der Waals surface area contributed by atoms with Crippen LogP contribution < -0.4 is 10.6 Å². The lowest BCUT2D eigenvalue weighted by atomic mass is 9.99. The molecule has 1 heterocycles. The maximum absolute atomic E-state index is 13.0. The minimum absolute atomic E-state index is 0.00536. The minimum Gasteiger partial charge on any atom is -0.355 e. The Hall–Kier alpha value is -2.92. The summed E-state index contributed by atoms with van der Waals surface area (Å²) in [7, 11) is 0. The lowest BCUT2D eigenvalue weighted by Gasteiger charge is -2.21. The van der Waals surface area contributed by atoms with Crippen molar-refractivity contribution in [1.82, 2.24) is 15.5 Å². The number of nitrogens with one attached hydrogen (secondary N) is 2. The molecule has 2 atom stereocenters. The first-order valence-corrected chi connectivity index (χ1v) is 9.72. The highest BCUT2D eigenvalue weighted by atomic mass is 16.2. The Bertz CT molecular complexity index is 835. The number of hydrogen-bond acceptors (Lipinski definition) is 3. The molecule has 2 amide bonds. The van der Waals surface area contributed by atoms with E-state index in [1.165, 1.54) is 0 Å². The van der Waals surface area contributed by atoms with Crippen LogP contribution in [-0.2, 0) is 4.79 Å². The number of nitrogens with zero attached hydrogens (tertiary/aromatic N) is 1. The average molecular weight is 377 g/mol. The quantitative estimate of drug-likeness (QED) is 0.730. The molecule has 0 saturated carbocycles. The van der Waals surface area contributed by atoms with Crippen molar-refractivity contribution in [3.63, 3.8) is 0 Å². The molecular weight excluding hydrogens is 350 g/mol. The molecule has 0 aromatic heterocycles. The van der Waals surface area contributed by atoms with Gasteiger partial charge in [-0.15, -0.1) is 6.58 Å². The zero-order valence-electron chi connectivity index (χ0n) is 16.2. The normalized spacial score (nSPS) is 19.2. The fourth-order valence-corrected chi connectivity index (χ4v) is 3.75. The van der Waals surface area contributed by atoms with Crippen molar-refractivity contribution in [3.05, 3.63) is 72.8 Å². The van der Waals surface area contributed by atoms with Crippen molar-refractivity contribution in [3.8, 4) is 11.1 Å². The predicted octanol–water partition coefficient (Wildman–Crippen LogP) is 2.85. The Morgan fingerprint density at radius 3 is 2.57 bits per heavy atom. The summed E-state index contributed by atoms with van der Waals surface area (Å²) in [6, 6.07) is 17.2. The first-order chi connectivity index (χ1) is 13.6. The van der Waals surface area contributed by atoms with E-state index < -0.39 is 0 Å². The lowest BCUT2D eigenvalue weighted by Crippen LogP contribution is -2.43. The molecule has 146 valence electrons. The summed E-state index contributed by atoms with van der Waals surface area (Å²) in [6.07, 6.45) is 2.39. The Morgan fingerprint density at radius 2 is 1.86 bits per heavy atom. The Labute approximate surface area is 166 Å². The smallest absolute Gasteiger partial charge is 0.252 e. The molecule has 1 saturated heterocycles. The second-order valence-electron chi connectivity index (χ2n) is 6.97. The van der Waals surface area contributed by atoms with Gasteiger partial charge < -0.3 is 10.6 Å². The number of rotatable bonds is 7. The van der Waals surface area contributed by atoms with Gasteiger partial charge in [-0.2, -0.15) is 0 Å². The van der Waals surface area contributed by atoms with E-state index in [9.17, 15) is 9.59 Å². The van der Waals surface area contributed by atoms with Gasteiger partial charge in [0.2, 0.25) is 5.91 Å². The molecule has 2 aromatic rings. The highest BCUT2D eigenvalue weighted by molar-refractivity contribution is 6.01. The molecule has 28 heavy (non-hydrogen) atoms. The van der Waals surface area contributed by atoms with Crippen molar-refractivity contribution in [2.75, 3.05) is 19.6 Å². The number of carbonyl (C=O) groups is 2. The van der Waals surface area contributed by atoms with Gasteiger partial charge in [-0.25, -0.2) is 0 Å². The molecule has 0 bridgehead atoms. The third kappa shape index (κ3) is 4.49. The summed E-state index contributed by atoms with van der Waals surface area (Å²) in [5.41, 5.74) is 2.56. The van der Waals surface area contributed by atoms with E-state index in [-0.39, 0.29) is 23.9 Å². The molecule has 0 aliphatic carbocycles. The number of hydrogen-bond donors (Lipinski definition) is 2. The molecule has 0 radical (unpaired) electrons. The second-order valence-corrected chi connectivity index (χ2v) is 6.97. The largest absolute Gasteiger partial charge is 0.355 e. The standard InChI is InChI=1S/C23H27N3O2/c1-3-14-26-16-18(15-21(26)23(28)24-4-2)25-22(27)20-13-9-8-12-19(20)17-10-6-5-7-11-17/h3,5-13,18,21H,1,4,14-16H2,2H3,(H,24,28)(H,25,27)/t18-,21-/m0/s1. The molecule has 2 aromatic carbocycles. The third-order valence-electron chi connectivity index (χ3n) is 5.01. The predicted molar refractivity (Wildman–Crippen MR) is 112 cm³/mol. The van der Waals surface area contributed by atoms with E-state index >= 15 is 0 Å². The van der Waals surface area contributed by atoms with Crippen LogP contribution in [0.1, 0.15) is 23.7 Å². The van der Waals surface area contributed by atoms with Gasteiger partial charge in [0.05, 0.1) is 6.04 Å². The van der Waals surface area contributed by atoms with Gasteiger partial charge in [-0.1, -0.05) is 54.6 Å². The molecule has 2 N–H and O–H groups in total. The topological polar surface area (TPSA) is 61.4 Å². The Balaban J connectivity index is 1.75. The SMILES string of the molecule is C=CCN1C[C@@H](NC(=O)c2ccccc2-c2ccccc2)C[C@H]1C(=O)NCC. The van der Waals surface area contributed by atoms with Crippen molar-refractivity contribution >= 4 is 11.8 Å². The van der Waals surface area contributed by atoms with Gasteiger partial charge in [-0.3, -0.25) is 14.5 Å². The van der Waals surface area contributed by atoms with Crippen LogP contribution in [0.5, 0.6) is 0 Å². The van der Waals surface area contributed by atoms with Gasteiger partial charge in [-0.05, 0) is 30.5 Å². The fourth-order valence-electron chi connectivity index (χ4n) is 3.75. The molecule has 1 aliphatic heterocycles. The number of likely N-dealkylation sites (tertiary alicyclic amines) is 1. The lowest BCUT2D eigenvalue weighted by molar-refractivity contribution is -0.125. The highest BCUT2D eigenvalue weighted by Gasteiger charge is 2.36. The van der Waals surface area contributed by atoms with Crippen molar-refractivity contribution in [2.45, 2.75) is 25.4 Å². The summed E-state index contributed by atoms with van der Waals surface area (Å²) < 4.78 is 0. The Morgan fingerprint density at radius 1 is 1.14 bits per heavy atom. The van der Waals surface area contributed by atoms with Gasteiger partial charge in [0, 0.05) is 31.2 Å². The van der Waals surface area contributed by atoms with Crippen LogP contribution in [0.2, 0.25) is 0 Å². The van der Waals surface area contributed by atoms with Crippen LogP contribution >= 0.6 is 0 Å². The summed E-state index contributed by atoms with van der Waals surface area (Å²) in [4.78, 5) is 27.4. The van der Waals surface area contributed by atoms with Crippen molar-refractivity contribution in [2.24, 2.45) is 0 Å². The van der Waals surface area contributed by atoms with Crippen LogP contribution in [-0.4, -0.2) is 48.4 Å². The molecule has 5 heteroatoms. The number of carbonyl (C=O) groups excluding carboxylic acids is 2. The molecule has 1 fully saturated rings.